The Labute approximate surface area is 115 Å². The molecule has 1 aromatic carbocycles. The summed E-state index contributed by atoms with van der Waals surface area (Å²) in [4.78, 5) is 4.20. The fourth-order valence-corrected chi connectivity index (χ4v) is 2.40. The predicted octanol–water partition coefficient (Wildman–Crippen LogP) is 3.22. The molecule has 0 aliphatic carbocycles. The van der Waals surface area contributed by atoms with Gasteiger partial charge in [-0.1, -0.05) is 18.0 Å². The Morgan fingerprint density at radius 1 is 1.20 bits per heavy atom. The molecule has 4 nitrogen and oxygen atoms in total. The van der Waals surface area contributed by atoms with E-state index in [0.29, 0.717) is 5.82 Å². The molecule has 1 aliphatic rings. The van der Waals surface area contributed by atoms with E-state index in [9.17, 15) is 8.78 Å². The lowest BCUT2D eigenvalue weighted by Gasteiger charge is -2.09. The van der Waals surface area contributed by atoms with Crippen molar-refractivity contribution < 1.29 is 13.3 Å². The van der Waals surface area contributed by atoms with E-state index in [-0.39, 0.29) is 17.5 Å². The molecule has 1 atom stereocenters. The van der Waals surface area contributed by atoms with E-state index in [1.54, 1.807) is 0 Å². The third kappa shape index (κ3) is 2.70. The molecule has 2 aromatic rings. The van der Waals surface area contributed by atoms with Gasteiger partial charge in [0.1, 0.15) is 11.6 Å². The molecule has 0 spiro atoms. The van der Waals surface area contributed by atoms with Crippen LogP contribution >= 0.6 is 0 Å². The molecule has 0 radical (unpaired) electrons. The average molecular weight is 279 g/mol. The zero-order chi connectivity index (χ0) is 13.9. The minimum atomic E-state index is -0.574. The summed E-state index contributed by atoms with van der Waals surface area (Å²) in [6.07, 6.45) is 4.31. The van der Waals surface area contributed by atoms with Gasteiger partial charge in [0, 0.05) is 0 Å². The van der Waals surface area contributed by atoms with Crippen molar-refractivity contribution in [2.75, 3.05) is 6.54 Å². The van der Waals surface area contributed by atoms with Crippen LogP contribution in [-0.2, 0) is 0 Å². The van der Waals surface area contributed by atoms with E-state index in [2.05, 4.69) is 15.5 Å². The summed E-state index contributed by atoms with van der Waals surface area (Å²) in [6, 6.07) is 3.20. The molecule has 0 saturated carbocycles. The highest BCUT2D eigenvalue weighted by molar-refractivity contribution is 5.53. The van der Waals surface area contributed by atoms with Gasteiger partial charge in [0.05, 0.1) is 11.6 Å². The molecule has 1 fully saturated rings. The summed E-state index contributed by atoms with van der Waals surface area (Å²) < 4.78 is 31.9. The fourth-order valence-electron chi connectivity index (χ4n) is 2.40. The molecule has 6 heteroatoms. The Bertz CT molecular complexity index is 592. The highest BCUT2D eigenvalue weighted by atomic mass is 19.1. The number of nitrogens with zero attached hydrogens (tertiary/aromatic N) is 2. The molecule has 1 unspecified atom stereocenters. The van der Waals surface area contributed by atoms with Crippen LogP contribution in [0.25, 0.3) is 11.5 Å². The van der Waals surface area contributed by atoms with Crippen LogP contribution in [0.1, 0.15) is 37.5 Å². The SMILES string of the molecule is Fc1ccc(F)c(-c2nc(C3CCCCCN3)no2)c1. The number of halogens is 2. The Balaban J connectivity index is 1.87. The molecule has 106 valence electrons. The van der Waals surface area contributed by atoms with Gasteiger partial charge in [0.25, 0.3) is 5.89 Å². The third-order valence-corrected chi connectivity index (χ3v) is 3.47. The van der Waals surface area contributed by atoms with Crippen molar-refractivity contribution in [1.29, 1.82) is 0 Å². The van der Waals surface area contributed by atoms with Crippen LogP contribution in [0.3, 0.4) is 0 Å². The van der Waals surface area contributed by atoms with E-state index in [0.717, 1.165) is 44.0 Å². The third-order valence-electron chi connectivity index (χ3n) is 3.47. The minimum absolute atomic E-state index is 0.00243. The first-order valence-corrected chi connectivity index (χ1v) is 6.76. The van der Waals surface area contributed by atoms with Crippen LogP contribution in [0.15, 0.2) is 22.7 Å². The zero-order valence-corrected chi connectivity index (χ0v) is 10.9. The molecular weight excluding hydrogens is 264 g/mol. The van der Waals surface area contributed by atoms with Gasteiger partial charge in [0.15, 0.2) is 5.82 Å². The lowest BCUT2D eigenvalue weighted by Crippen LogP contribution is -2.21. The van der Waals surface area contributed by atoms with E-state index in [1.807, 2.05) is 0 Å². The monoisotopic (exact) mass is 279 g/mol. The van der Waals surface area contributed by atoms with Gasteiger partial charge in [-0.2, -0.15) is 4.98 Å². The molecule has 0 bridgehead atoms. The van der Waals surface area contributed by atoms with Crippen LogP contribution < -0.4 is 5.32 Å². The van der Waals surface area contributed by atoms with Gasteiger partial charge in [-0.05, 0) is 37.6 Å². The van der Waals surface area contributed by atoms with Crippen LogP contribution in [-0.4, -0.2) is 16.7 Å². The molecule has 1 N–H and O–H groups in total. The second kappa shape index (κ2) is 5.66. The Morgan fingerprint density at radius 3 is 3.00 bits per heavy atom. The summed E-state index contributed by atoms with van der Waals surface area (Å²) in [5, 5.41) is 7.23. The second-order valence-corrected chi connectivity index (χ2v) is 4.94. The molecule has 2 heterocycles. The largest absolute Gasteiger partial charge is 0.334 e. The standard InChI is InChI=1S/C14H15F2N3O/c15-9-5-6-11(16)10(8-9)14-18-13(19-20-14)12-4-2-1-3-7-17-12/h5-6,8,12,17H,1-4,7H2. The van der Waals surface area contributed by atoms with Crippen molar-refractivity contribution in [3.05, 3.63) is 35.7 Å². The van der Waals surface area contributed by atoms with Crippen molar-refractivity contribution in [3.8, 4) is 11.5 Å². The number of aromatic nitrogens is 2. The van der Waals surface area contributed by atoms with Gasteiger partial charge in [-0.25, -0.2) is 8.78 Å². The van der Waals surface area contributed by atoms with E-state index < -0.39 is 11.6 Å². The second-order valence-electron chi connectivity index (χ2n) is 4.94. The maximum atomic E-state index is 13.7. The summed E-state index contributed by atoms with van der Waals surface area (Å²) in [5.41, 5.74) is -0.00243. The first kappa shape index (κ1) is 13.2. The van der Waals surface area contributed by atoms with Gasteiger partial charge < -0.3 is 9.84 Å². The first-order chi connectivity index (χ1) is 9.74. The van der Waals surface area contributed by atoms with Crippen molar-refractivity contribution in [2.24, 2.45) is 0 Å². The molecular formula is C14H15F2N3O. The van der Waals surface area contributed by atoms with Crippen LogP contribution in [0.5, 0.6) is 0 Å². The van der Waals surface area contributed by atoms with Gasteiger partial charge in [-0.3, -0.25) is 0 Å². The van der Waals surface area contributed by atoms with E-state index in [1.165, 1.54) is 6.42 Å². The number of nitrogens with one attached hydrogen (secondary N) is 1. The highest BCUT2D eigenvalue weighted by Gasteiger charge is 2.21. The zero-order valence-electron chi connectivity index (χ0n) is 10.9. The summed E-state index contributed by atoms with van der Waals surface area (Å²) in [7, 11) is 0. The Morgan fingerprint density at radius 2 is 2.10 bits per heavy atom. The van der Waals surface area contributed by atoms with Crippen LogP contribution in [0.2, 0.25) is 0 Å². The topological polar surface area (TPSA) is 51.0 Å². The maximum Gasteiger partial charge on any atom is 0.261 e. The summed E-state index contributed by atoms with van der Waals surface area (Å²) in [6.45, 7) is 0.906. The minimum Gasteiger partial charge on any atom is -0.334 e. The molecule has 3 rings (SSSR count). The average Bonchev–Trinajstić information content (AvgIpc) is 2.77. The lowest BCUT2D eigenvalue weighted by molar-refractivity contribution is 0.400. The van der Waals surface area contributed by atoms with Crippen molar-refractivity contribution in [2.45, 2.75) is 31.7 Å². The van der Waals surface area contributed by atoms with Gasteiger partial charge in [-0.15, -0.1) is 0 Å². The van der Waals surface area contributed by atoms with E-state index >= 15 is 0 Å². The summed E-state index contributed by atoms with van der Waals surface area (Å²) in [5.74, 6) is -0.585. The number of hydrogen-bond acceptors (Lipinski definition) is 4. The number of hydrogen-bond donors (Lipinski definition) is 1. The molecule has 20 heavy (non-hydrogen) atoms. The maximum absolute atomic E-state index is 13.7. The lowest BCUT2D eigenvalue weighted by atomic mass is 10.1. The molecule has 1 saturated heterocycles. The van der Waals surface area contributed by atoms with Crippen molar-refractivity contribution in [3.63, 3.8) is 0 Å². The first-order valence-electron chi connectivity index (χ1n) is 6.76. The quantitative estimate of drug-likeness (QED) is 0.917. The normalized spacial score (nSPS) is 19.8. The van der Waals surface area contributed by atoms with Crippen LogP contribution in [0, 0.1) is 11.6 Å². The van der Waals surface area contributed by atoms with Crippen molar-refractivity contribution in [1.82, 2.24) is 15.5 Å². The highest BCUT2D eigenvalue weighted by Crippen LogP contribution is 2.25. The van der Waals surface area contributed by atoms with Crippen molar-refractivity contribution >= 4 is 0 Å². The summed E-state index contributed by atoms with van der Waals surface area (Å²) >= 11 is 0. The molecule has 1 aliphatic heterocycles. The van der Waals surface area contributed by atoms with Crippen LogP contribution in [0.4, 0.5) is 8.78 Å². The fraction of sp³-hybridized carbons (Fsp3) is 0.429. The predicted molar refractivity (Wildman–Crippen MR) is 68.9 cm³/mol. The Hall–Kier alpha value is -1.82. The Kier molecular flexibility index (Phi) is 3.73. The molecule has 0 amide bonds. The number of rotatable bonds is 2. The number of benzene rings is 1. The van der Waals surface area contributed by atoms with Gasteiger partial charge in [0.2, 0.25) is 0 Å². The molecule has 1 aromatic heterocycles. The van der Waals surface area contributed by atoms with Gasteiger partial charge >= 0.3 is 0 Å². The smallest absolute Gasteiger partial charge is 0.261 e. The van der Waals surface area contributed by atoms with E-state index in [4.69, 9.17) is 4.52 Å².